The maximum atomic E-state index is 13.3. The summed E-state index contributed by atoms with van der Waals surface area (Å²) >= 11 is 7.39. The van der Waals surface area contributed by atoms with Crippen molar-refractivity contribution in [3.63, 3.8) is 0 Å². The highest BCUT2D eigenvalue weighted by atomic mass is 35.5. The number of nitrogens with zero attached hydrogens (tertiary/aromatic N) is 3. The number of benzene rings is 2. The molecule has 0 radical (unpaired) electrons. The lowest BCUT2D eigenvalue weighted by Gasteiger charge is -2.13. The Bertz CT molecular complexity index is 1290. The lowest BCUT2D eigenvalue weighted by Crippen LogP contribution is -2.28. The lowest BCUT2D eigenvalue weighted by atomic mass is 10.3. The summed E-state index contributed by atoms with van der Waals surface area (Å²) in [4.78, 5) is 20.3. The van der Waals surface area contributed by atoms with E-state index < -0.39 is 0 Å². The van der Waals surface area contributed by atoms with Crippen LogP contribution in [0.5, 0.6) is 0 Å². The molecule has 2 aromatic carbocycles. The number of amidine groups is 1. The minimum atomic E-state index is -0.107. The van der Waals surface area contributed by atoms with E-state index >= 15 is 0 Å². The van der Waals surface area contributed by atoms with Gasteiger partial charge in [-0.25, -0.2) is 4.99 Å². The summed E-state index contributed by atoms with van der Waals surface area (Å²) in [6.45, 7) is 0.319. The van der Waals surface area contributed by atoms with Crippen molar-refractivity contribution < 1.29 is 9.21 Å². The number of para-hydroxylation sites is 1. The molecule has 0 bridgehead atoms. The Morgan fingerprint density at radius 2 is 1.78 bits per heavy atom. The number of carbonyl (C=O) groups excluding carboxylic acids is 1. The SMILES string of the molecule is O=C1/C(=C\c2cccn2-c2ccc(Cl)cc2)SC(=Nc2ccccc2)N1Cc1ccco1. The fraction of sp³-hybridized carbons (Fsp3) is 0.0400. The van der Waals surface area contributed by atoms with Gasteiger partial charge in [-0.2, -0.15) is 0 Å². The molecule has 1 aliphatic rings. The lowest BCUT2D eigenvalue weighted by molar-refractivity contribution is -0.122. The molecule has 5 rings (SSSR count). The first-order chi connectivity index (χ1) is 15.7. The molecule has 0 saturated carbocycles. The Balaban J connectivity index is 1.51. The molecule has 5 nitrogen and oxygen atoms in total. The fourth-order valence-corrected chi connectivity index (χ4v) is 4.49. The van der Waals surface area contributed by atoms with Crippen molar-refractivity contribution in [3.8, 4) is 5.69 Å². The van der Waals surface area contributed by atoms with E-state index in [2.05, 4.69) is 0 Å². The number of thioether (sulfide) groups is 1. The third kappa shape index (κ3) is 4.28. The van der Waals surface area contributed by atoms with Crippen molar-refractivity contribution in [2.75, 3.05) is 0 Å². The van der Waals surface area contributed by atoms with E-state index in [1.54, 1.807) is 11.2 Å². The molecule has 7 heteroatoms. The standard InChI is InChI=1S/C25H18ClN3O2S/c26-18-10-12-20(13-11-18)28-14-4-8-21(28)16-23-24(30)29(17-22-9-5-15-31-22)25(32-23)27-19-6-2-1-3-7-19/h1-16H,17H2/b23-16+,27-25?. The molecule has 4 aromatic rings. The average Bonchev–Trinajstić information content (AvgIpc) is 3.54. The second kappa shape index (κ2) is 8.94. The van der Waals surface area contributed by atoms with Crippen molar-refractivity contribution in [2.45, 2.75) is 6.54 Å². The average molecular weight is 460 g/mol. The van der Waals surface area contributed by atoms with Gasteiger partial charge >= 0.3 is 0 Å². The molecule has 0 atom stereocenters. The smallest absolute Gasteiger partial charge is 0.267 e. The van der Waals surface area contributed by atoms with Crippen LogP contribution in [-0.2, 0) is 11.3 Å². The largest absolute Gasteiger partial charge is 0.467 e. The van der Waals surface area contributed by atoms with E-state index in [-0.39, 0.29) is 5.91 Å². The van der Waals surface area contributed by atoms with Crippen molar-refractivity contribution in [1.29, 1.82) is 0 Å². The molecule has 32 heavy (non-hydrogen) atoms. The quantitative estimate of drug-likeness (QED) is 0.319. The number of hydrogen-bond acceptors (Lipinski definition) is 4. The highest BCUT2D eigenvalue weighted by molar-refractivity contribution is 8.18. The molecular formula is C25H18ClN3O2S. The molecule has 1 amide bonds. The zero-order valence-electron chi connectivity index (χ0n) is 16.9. The van der Waals surface area contributed by atoms with Gasteiger partial charge in [-0.3, -0.25) is 9.69 Å². The summed E-state index contributed by atoms with van der Waals surface area (Å²) in [5.74, 6) is 0.593. The van der Waals surface area contributed by atoms with Crippen LogP contribution >= 0.6 is 23.4 Å². The number of aromatic nitrogens is 1. The van der Waals surface area contributed by atoms with Crippen molar-refractivity contribution in [1.82, 2.24) is 9.47 Å². The van der Waals surface area contributed by atoms with Crippen LogP contribution < -0.4 is 0 Å². The summed E-state index contributed by atoms with van der Waals surface area (Å²) in [5, 5.41) is 1.30. The van der Waals surface area contributed by atoms with Crippen LogP contribution in [0, 0.1) is 0 Å². The van der Waals surface area contributed by atoms with Crippen LogP contribution in [0.2, 0.25) is 5.02 Å². The Labute approximate surface area is 194 Å². The highest BCUT2D eigenvalue weighted by Gasteiger charge is 2.34. The van der Waals surface area contributed by atoms with E-state index in [0.29, 0.717) is 27.4 Å². The second-order valence-electron chi connectivity index (χ2n) is 7.09. The van der Waals surface area contributed by atoms with Crippen LogP contribution in [0.1, 0.15) is 11.5 Å². The molecular weight excluding hydrogens is 442 g/mol. The van der Waals surface area contributed by atoms with Crippen molar-refractivity contribution in [3.05, 3.63) is 113 Å². The summed E-state index contributed by atoms with van der Waals surface area (Å²) in [6.07, 6.45) is 5.45. The van der Waals surface area contributed by atoms with Gasteiger partial charge in [0.2, 0.25) is 0 Å². The number of halogens is 1. The van der Waals surface area contributed by atoms with Crippen LogP contribution in [0.15, 0.2) is 106 Å². The zero-order chi connectivity index (χ0) is 21.9. The Hall–Kier alpha value is -3.48. The topological polar surface area (TPSA) is 50.7 Å². The minimum absolute atomic E-state index is 0.107. The Kier molecular flexibility index (Phi) is 5.71. The molecule has 1 aliphatic heterocycles. The minimum Gasteiger partial charge on any atom is -0.467 e. The highest BCUT2D eigenvalue weighted by Crippen LogP contribution is 2.35. The van der Waals surface area contributed by atoms with Crippen LogP contribution in [-0.4, -0.2) is 20.5 Å². The molecule has 0 spiro atoms. The number of aliphatic imine (C=N–C) groups is 1. The normalized spacial score (nSPS) is 16.4. The Morgan fingerprint density at radius 1 is 0.969 bits per heavy atom. The summed E-state index contributed by atoms with van der Waals surface area (Å²) in [5.41, 5.74) is 2.65. The summed E-state index contributed by atoms with van der Waals surface area (Å²) in [6, 6.07) is 24.8. The fourth-order valence-electron chi connectivity index (χ4n) is 3.39. The van der Waals surface area contributed by atoms with Gasteiger partial charge < -0.3 is 8.98 Å². The molecule has 0 unspecified atom stereocenters. The van der Waals surface area contributed by atoms with Crippen molar-refractivity contribution >= 4 is 46.2 Å². The van der Waals surface area contributed by atoms with Gasteiger partial charge in [-0.1, -0.05) is 29.8 Å². The third-order valence-electron chi connectivity index (χ3n) is 4.93. The van der Waals surface area contributed by atoms with Gasteiger partial charge in [0.15, 0.2) is 5.17 Å². The van der Waals surface area contributed by atoms with Crippen LogP contribution in [0.4, 0.5) is 5.69 Å². The van der Waals surface area contributed by atoms with Gasteiger partial charge in [0.25, 0.3) is 5.91 Å². The van der Waals surface area contributed by atoms with Crippen LogP contribution in [0.3, 0.4) is 0 Å². The number of rotatable bonds is 5. The zero-order valence-corrected chi connectivity index (χ0v) is 18.5. The molecule has 0 N–H and O–H groups in total. The molecule has 0 aliphatic carbocycles. The predicted molar refractivity (Wildman–Crippen MR) is 129 cm³/mol. The molecule has 2 aromatic heterocycles. The first kappa shape index (κ1) is 20.4. The third-order valence-corrected chi connectivity index (χ3v) is 6.19. The van der Waals surface area contributed by atoms with E-state index in [9.17, 15) is 4.79 Å². The van der Waals surface area contributed by atoms with Gasteiger partial charge in [-0.15, -0.1) is 0 Å². The predicted octanol–water partition coefficient (Wildman–Crippen LogP) is 6.53. The number of furan rings is 1. The first-order valence-electron chi connectivity index (χ1n) is 9.98. The molecule has 158 valence electrons. The number of hydrogen-bond donors (Lipinski definition) is 0. The van der Waals surface area contributed by atoms with Gasteiger partial charge in [0, 0.05) is 22.6 Å². The number of carbonyl (C=O) groups is 1. The second-order valence-corrected chi connectivity index (χ2v) is 8.54. The van der Waals surface area contributed by atoms with Crippen molar-refractivity contribution in [2.24, 2.45) is 4.99 Å². The maximum Gasteiger partial charge on any atom is 0.267 e. The van der Waals surface area contributed by atoms with E-state index in [1.807, 2.05) is 95.7 Å². The summed E-state index contributed by atoms with van der Waals surface area (Å²) in [7, 11) is 0. The molecule has 1 fully saturated rings. The van der Waals surface area contributed by atoms with Crippen LogP contribution in [0.25, 0.3) is 11.8 Å². The first-order valence-corrected chi connectivity index (χ1v) is 11.2. The maximum absolute atomic E-state index is 13.3. The molecule has 3 heterocycles. The monoisotopic (exact) mass is 459 g/mol. The Morgan fingerprint density at radius 3 is 2.53 bits per heavy atom. The van der Waals surface area contributed by atoms with Gasteiger partial charge in [0.05, 0.1) is 23.4 Å². The molecule has 1 saturated heterocycles. The number of amides is 1. The van der Waals surface area contributed by atoms with E-state index in [4.69, 9.17) is 21.0 Å². The van der Waals surface area contributed by atoms with E-state index in [0.717, 1.165) is 17.1 Å². The van der Waals surface area contributed by atoms with Gasteiger partial charge in [-0.05, 0) is 78.5 Å². The summed E-state index contributed by atoms with van der Waals surface area (Å²) < 4.78 is 7.49. The van der Waals surface area contributed by atoms with Gasteiger partial charge in [0.1, 0.15) is 5.76 Å². The van der Waals surface area contributed by atoms with E-state index in [1.165, 1.54) is 11.8 Å².